The Bertz CT molecular complexity index is 936. The maximum atomic E-state index is 12.6. The second-order valence-corrected chi connectivity index (χ2v) is 8.02. The fourth-order valence-corrected chi connectivity index (χ4v) is 4.07. The van der Waals surface area contributed by atoms with Crippen LogP contribution in [0.15, 0.2) is 36.4 Å². The van der Waals surface area contributed by atoms with Crippen LogP contribution in [-0.2, 0) is 19.6 Å². The normalized spacial score (nSPS) is 16.5. The number of carbonyl (C=O) groups is 1. The second kappa shape index (κ2) is 8.21. The van der Waals surface area contributed by atoms with Gasteiger partial charge in [-0.05, 0) is 47.6 Å². The number of hydrogen-bond acceptors (Lipinski definition) is 5. The van der Waals surface area contributed by atoms with Crippen molar-refractivity contribution in [1.29, 1.82) is 0 Å². The molecule has 2 aliphatic heterocycles. The van der Waals surface area contributed by atoms with Crippen LogP contribution in [0.2, 0.25) is 0 Å². The molecule has 0 aliphatic carbocycles. The molecular formula is C22H26N4O3. The predicted octanol–water partition coefficient (Wildman–Crippen LogP) is 3.36. The third-order valence-electron chi connectivity index (χ3n) is 5.91. The molecule has 1 fully saturated rings. The molecule has 0 unspecified atom stereocenters. The van der Waals surface area contributed by atoms with E-state index in [1.165, 1.54) is 17.2 Å². The molecule has 7 nitrogen and oxygen atoms in total. The summed E-state index contributed by atoms with van der Waals surface area (Å²) in [6, 6.07) is 11.0. The van der Waals surface area contributed by atoms with Gasteiger partial charge in [-0.1, -0.05) is 25.1 Å². The van der Waals surface area contributed by atoms with Gasteiger partial charge in [-0.25, -0.2) is 0 Å². The summed E-state index contributed by atoms with van der Waals surface area (Å²) < 4.78 is 0. The second-order valence-electron chi connectivity index (χ2n) is 8.02. The van der Waals surface area contributed by atoms with E-state index in [4.69, 9.17) is 0 Å². The third-order valence-corrected chi connectivity index (χ3v) is 5.91. The average Bonchev–Trinajstić information content (AvgIpc) is 3.20. The zero-order valence-corrected chi connectivity index (χ0v) is 16.6. The van der Waals surface area contributed by atoms with Gasteiger partial charge in [0.2, 0.25) is 0 Å². The molecule has 7 heteroatoms. The van der Waals surface area contributed by atoms with Gasteiger partial charge in [0.1, 0.15) is 5.69 Å². The molecule has 2 aliphatic rings. The number of fused-ring (bicyclic) bond motifs is 1. The fraction of sp³-hybridized carbons (Fsp3) is 0.409. The molecule has 0 atom stereocenters. The number of nitrogens with one attached hydrogen (secondary N) is 2. The van der Waals surface area contributed by atoms with Crippen molar-refractivity contribution in [3.63, 3.8) is 0 Å². The molecule has 0 bridgehead atoms. The molecule has 1 saturated heterocycles. The largest absolute Gasteiger partial charge is 0.366 e. The van der Waals surface area contributed by atoms with Crippen LogP contribution in [0, 0.1) is 16.0 Å². The van der Waals surface area contributed by atoms with E-state index < -0.39 is 4.92 Å². The molecule has 4 rings (SSSR count). The summed E-state index contributed by atoms with van der Waals surface area (Å²) in [4.78, 5) is 25.9. The zero-order valence-electron chi connectivity index (χ0n) is 16.6. The molecule has 2 N–H and O–H groups in total. The molecule has 0 spiro atoms. The van der Waals surface area contributed by atoms with Crippen LogP contribution in [0.3, 0.4) is 0 Å². The van der Waals surface area contributed by atoms with E-state index in [0.717, 1.165) is 44.6 Å². The summed E-state index contributed by atoms with van der Waals surface area (Å²) in [6.07, 6.45) is 2.05. The van der Waals surface area contributed by atoms with Gasteiger partial charge >= 0.3 is 0 Å². The summed E-state index contributed by atoms with van der Waals surface area (Å²) in [6.45, 7) is 5.94. The van der Waals surface area contributed by atoms with Gasteiger partial charge in [-0.15, -0.1) is 0 Å². The fourth-order valence-electron chi connectivity index (χ4n) is 4.07. The number of rotatable bonds is 5. The van der Waals surface area contributed by atoms with E-state index in [1.54, 1.807) is 12.1 Å². The minimum atomic E-state index is -0.391. The Morgan fingerprint density at radius 3 is 2.69 bits per heavy atom. The number of amides is 1. The molecule has 2 heterocycles. The van der Waals surface area contributed by atoms with Gasteiger partial charge in [0.05, 0.1) is 4.92 Å². The van der Waals surface area contributed by atoms with Gasteiger partial charge in [0, 0.05) is 44.4 Å². The summed E-state index contributed by atoms with van der Waals surface area (Å²) in [5.41, 5.74) is 4.48. The van der Waals surface area contributed by atoms with E-state index in [9.17, 15) is 14.9 Å². The number of piperidine rings is 1. The first kappa shape index (κ1) is 19.4. The molecule has 0 saturated carbocycles. The topological polar surface area (TPSA) is 87.5 Å². The maximum Gasteiger partial charge on any atom is 0.293 e. The van der Waals surface area contributed by atoms with Crippen molar-refractivity contribution < 1.29 is 9.72 Å². The lowest BCUT2D eigenvalue weighted by Crippen LogP contribution is -2.33. The van der Waals surface area contributed by atoms with Crippen LogP contribution in [0.4, 0.5) is 11.4 Å². The van der Waals surface area contributed by atoms with Crippen LogP contribution in [0.5, 0.6) is 0 Å². The van der Waals surface area contributed by atoms with Crippen molar-refractivity contribution in [1.82, 2.24) is 10.6 Å². The molecule has 0 aromatic heterocycles. The summed E-state index contributed by atoms with van der Waals surface area (Å²) in [5, 5.41) is 17.8. The Morgan fingerprint density at radius 1 is 1.17 bits per heavy atom. The minimum Gasteiger partial charge on any atom is -0.366 e. The van der Waals surface area contributed by atoms with E-state index in [0.29, 0.717) is 23.7 Å². The van der Waals surface area contributed by atoms with Crippen LogP contribution in [0.25, 0.3) is 0 Å². The van der Waals surface area contributed by atoms with Crippen LogP contribution in [0.1, 0.15) is 46.8 Å². The lowest BCUT2D eigenvalue weighted by Gasteiger charge is -2.31. The smallest absolute Gasteiger partial charge is 0.293 e. The third kappa shape index (κ3) is 4.24. The number of nitro groups is 1. The Morgan fingerprint density at radius 2 is 1.93 bits per heavy atom. The van der Waals surface area contributed by atoms with Crippen molar-refractivity contribution in [3.8, 4) is 0 Å². The zero-order chi connectivity index (χ0) is 20.4. The Hall–Kier alpha value is -2.93. The van der Waals surface area contributed by atoms with E-state index >= 15 is 0 Å². The minimum absolute atomic E-state index is 0.00388. The number of benzene rings is 2. The Balaban J connectivity index is 1.47. The van der Waals surface area contributed by atoms with E-state index in [2.05, 4.69) is 34.6 Å². The highest BCUT2D eigenvalue weighted by Gasteiger charge is 2.24. The van der Waals surface area contributed by atoms with Crippen LogP contribution >= 0.6 is 0 Å². The van der Waals surface area contributed by atoms with Gasteiger partial charge in [-0.3, -0.25) is 14.9 Å². The predicted molar refractivity (Wildman–Crippen MR) is 112 cm³/mol. The summed E-state index contributed by atoms with van der Waals surface area (Å²) >= 11 is 0. The van der Waals surface area contributed by atoms with Crippen molar-refractivity contribution in [2.24, 2.45) is 5.92 Å². The van der Waals surface area contributed by atoms with Gasteiger partial charge in [0.25, 0.3) is 11.6 Å². The van der Waals surface area contributed by atoms with Gasteiger partial charge in [-0.2, -0.15) is 0 Å². The molecule has 2 aromatic carbocycles. The van der Waals surface area contributed by atoms with Crippen molar-refractivity contribution in [2.75, 3.05) is 18.0 Å². The van der Waals surface area contributed by atoms with Crippen LogP contribution < -0.4 is 15.5 Å². The van der Waals surface area contributed by atoms with Gasteiger partial charge < -0.3 is 15.5 Å². The number of nitrogens with zero attached hydrogens (tertiary/aromatic N) is 2. The summed E-state index contributed by atoms with van der Waals surface area (Å²) in [7, 11) is 0. The first-order valence-electron chi connectivity index (χ1n) is 10.1. The molecule has 2 aromatic rings. The first-order valence-corrected chi connectivity index (χ1v) is 10.1. The SMILES string of the molecule is CC1CCN(c2ccc(C(=O)NCc3ccc4c(c3)CNC4)cc2[N+](=O)[O-])CC1. The highest BCUT2D eigenvalue weighted by Crippen LogP contribution is 2.32. The molecule has 0 radical (unpaired) electrons. The van der Waals surface area contributed by atoms with Gasteiger partial charge in [0.15, 0.2) is 0 Å². The maximum absolute atomic E-state index is 12.6. The lowest BCUT2D eigenvalue weighted by atomic mass is 9.98. The molecule has 29 heavy (non-hydrogen) atoms. The van der Waals surface area contributed by atoms with E-state index in [1.807, 2.05) is 6.07 Å². The van der Waals surface area contributed by atoms with Crippen molar-refractivity contribution in [2.45, 2.75) is 39.4 Å². The number of anilines is 1. The Labute approximate surface area is 170 Å². The van der Waals surface area contributed by atoms with Crippen molar-refractivity contribution in [3.05, 3.63) is 68.8 Å². The van der Waals surface area contributed by atoms with Crippen molar-refractivity contribution >= 4 is 17.3 Å². The lowest BCUT2D eigenvalue weighted by molar-refractivity contribution is -0.384. The number of nitro benzene ring substituents is 1. The molecular weight excluding hydrogens is 368 g/mol. The van der Waals surface area contributed by atoms with Crippen LogP contribution in [-0.4, -0.2) is 23.9 Å². The Kier molecular flexibility index (Phi) is 5.49. The van der Waals surface area contributed by atoms with E-state index in [-0.39, 0.29) is 11.6 Å². The number of hydrogen-bond donors (Lipinski definition) is 2. The monoisotopic (exact) mass is 394 g/mol. The standard InChI is InChI=1S/C22H26N4O3/c1-15-6-8-25(9-7-15)20-5-4-17(11-21(20)26(28)29)22(27)24-12-16-2-3-18-13-23-14-19(18)10-16/h2-5,10-11,15,23H,6-9,12-14H2,1H3,(H,24,27). The summed E-state index contributed by atoms with van der Waals surface area (Å²) in [5.74, 6) is 0.343. The highest BCUT2D eigenvalue weighted by molar-refractivity contribution is 5.95. The number of carbonyl (C=O) groups excluding carboxylic acids is 1. The highest BCUT2D eigenvalue weighted by atomic mass is 16.6. The molecule has 152 valence electrons. The quantitative estimate of drug-likeness (QED) is 0.600. The first-order chi connectivity index (χ1) is 14.0. The average molecular weight is 394 g/mol. The molecule has 1 amide bonds.